The SMILES string of the molecule is CCNc1nc(NCC)n2c(SCC(=O)NCCCn3nc4ccccn4c3=O)nnc2n1. The fourth-order valence-corrected chi connectivity index (χ4v) is 3.91. The van der Waals surface area contributed by atoms with Crippen LogP contribution in [0, 0.1) is 0 Å². The summed E-state index contributed by atoms with van der Waals surface area (Å²) in [6.45, 7) is 6.11. The molecule has 4 rings (SSSR count). The zero-order valence-electron chi connectivity index (χ0n) is 18.4. The molecule has 174 valence electrons. The van der Waals surface area contributed by atoms with E-state index < -0.39 is 0 Å². The van der Waals surface area contributed by atoms with Gasteiger partial charge < -0.3 is 16.0 Å². The molecule has 1 amide bonds. The molecule has 14 heteroatoms. The standard InChI is InChI=1S/C19H25N11O2S/c1-3-20-15-23-16(21-4-2)30-17(24-15)25-26-18(30)33-12-14(31)22-9-7-11-29-19(32)28-10-6-5-8-13(28)27-29/h5-6,8,10H,3-4,7,9,11-12H2,1-2H3,(H,22,31)(H2,20,21,23,24,25). The van der Waals surface area contributed by atoms with E-state index in [-0.39, 0.29) is 17.3 Å². The molecule has 0 saturated heterocycles. The smallest absolute Gasteiger partial charge is 0.350 e. The molecule has 0 aliphatic heterocycles. The number of fused-ring (bicyclic) bond motifs is 2. The molecule has 0 aromatic carbocycles. The van der Waals surface area contributed by atoms with E-state index in [4.69, 9.17) is 0 Å². The van der Waals surface area contributed by atoms with Gasteiger partial charge in [-0.05, 0) is 32.4 Å². The third-order valence-electron chi connectivity index (χ3n) is 4.61. The number of amides is 1. The summed E-state index contributed by atoms with van der Waals surface area (Å²) in [5.41, 5.74) is 0.407. The Labute approximate surface area is 193 Å². The number of nitrogens with one attached hydrogen (secondary N) is 3. The maximum atomic E-state index is 12.3. The molecule has 0 bridgehead atoms. The molecule has 3 N–H and O–H groups in total. The van der Waals surface area contributed by atoms with Crippen LogP contribution in [0.4, 0.5) is 11.9 Å². The molecule has 4 heterocycles. The van der Waals surface area contributed by atoms with E-state index in [1.54, 1.807) is 22.7 Å². The largest absolute Gasteiger partial charge is 0.355 e. The second-order valence-corrected chi connectivity index (χ2v) is 7.92. The van der Waals surface area contributed by atoms with Crippen LogP contribution in [0.25, 0.3) is 11.4 Å². The first-order valence-corrected chi connectivity index (χ1v) is 11.6. The van der Waals surface area contributed by atoms with Crippen LogP contribution in [0.15, 0.2) is 34.3 Å². The van der Waals surface area contributed by atoms with Crippen LogP contribution in [-0.2, 0) is 11.3 Å². The van der Waals surface area contributed by atoms with Gasteiger partial charge in [-0.2, -0.15) is 9.97 Å². The maximum absolute atomic E-state index is 12.3. The summed E-state index contributed by atoms with van der Waals surface area (Å²) in [7, 11) is 0. The number of hydrogen-bond donors (Lipinski definition) is 3. The predicted octanol–water partition coefficient (Wildman–Crippen LogP) is 0.491. The number of carbonyl (C=O) groups is 1. The highest BCUT2D eigenvalue weighted by Gasteiger charge is 2.15. The van der Waals surface area contributed by atoms with E-state index in [0.29, 0.717) is 61.1 Å². The van der Waals surface area contributed by atoms with Gasteiger partial charge in [0.25, 0.3) is 5.78 Å². The molecule has 33 heavy (non-hydrogen) atoms. The third kappa shape index (κ3) is 5.05. The van der Waals surface area contributed by atoms with Crippen LogP contribution in [0.2, 0.25) is 0 Å². The Morgan fingerprint density at radius 3 is 2.76 bits per heavy atom. The minimum Gasteiger partial charge on any atom is -0.355 e. The third-order valence-corrected chi connectivity index (χ3v) is 5.53. The van der Waals surface area contributed by atoms with Gasteiger partial charge in [0.15, 0.2) is 10.8 Å². The van der Waals surface area contributed by atoms with Crippen LogP contribution in [0.5, 0.6) is 0 Å². The monoisotopic (exact) mass is 471 g/mol. The first kappa shape index (κ1) is 22.5. The van der Waals surface area contributed by atoms with E-state index in [9.17, 15) is 9.59 Å². The Balaban J connectivity index is 1.31. The van der Waals surface area contributed by atoms with Crippen molar-refractivity contribution < 1.29 is 4.79 Å². The van der Waals surface area contributed by atoms with E-state index >= 15 is 0 Å². The molecule has 0 aliphatic carbocycles. The highest BCUT2D eigenvalue weighted by molar-refractivity contribution is 7.99. The topological polar surface area (TPSA) is 148 Å². The number of thioether (sulfide) groups is 1. The molecule has 13 nitrogen and oxygen atoms in total. The van der Waals surface area contributed by atoms with Gasteiger partial charge in [-0.1, -0.05) is 17.8 Å². The average molecular weight is 472 g/mol. The van der Waals surface area contributed by atoms with Crippen molar-refractivity contribution in [3.63, 3.8) is 0 Å². The number of carbonyl (C=O) groups excluding carboxylic acids is 1. The molecule has 4 aromatic rings. The van der Waals surface area contributed by atoms with Gasteiger partial charge in [0.1, 0.15) is 0 Å². The van der Waals surface area contributed by atoms with Crippen molar-refractivity contribution in [2.75, 3.05) is 36.0 Å². The fraction of sp³-hybridized carbons (Fsp3) is 0.421. The lowest BCUT2D eigenvalue weighted by molar-refractivity contribution is -0.118. The van der Waals surface area contributed by atoms with Gasteiger partial charge in [0.05, 0.1) is 5.75 Å². The van der Waals surface area contributed by atoms with Crippen LogP contribution in [0.3, 0.4) is 0 Å². The van der Waals surface area contributed by atoms with Crippen molar-refractivity contribution >= 4 is 41.0 Å². The van der Waals surface area contributed by atoms with E-state index in [1.165, 1.54) is 20.8 Å². The second-order valence-electron chi connectivity index (χ2n) is 6.98. The van der Waals surface area contributed by atoms with Crippen molar-refractivity contribution in [2.45, 2.75) is 32.0 Å². The normalized spacial score (nSPS) is 11.2. The first-order chi connectivity index (χ1) is 16.1. The van der Waals surface area contributed by atoms with Gasteiger partial charge in [0.2, 0.25) is 17.8 Å². The van der Waals surface area contributed by atoms with Crippen molar-refractivity contribution in [3.8, 4) is 0 Å². The van der Waals surface area contributed by atoms with Crippen molar-refractivity contribution in [1.29, 1.82) is 0 Å². The van der Waals surface area contributed by atoms with Gasteiger partial charge in [-0.25, -0.2) is 13.9 Å². The van der Waals surface area contributed by atoms with Gasteiger partial charge in [-0.15, -0.1) is 15.3 Å². The Kier molecular flexibility index (Phi) is 7.02. The lowest BCUT2D eigenvalue weighted by atomic mass is 10.4. The lowest BCUT2D eigenvalue weighted by Crippen LogP contribution is -2.28. The number of rotatable bonds is 11. The highest BCUT2D eigenvalue weighted by Crippen LogP contribution is 2.20. The van der Waals surface area contributed by atoms with Crippen LogP contribution < -0.4 is 21.6 Å². The molecular formula is C19H25N11O2S. The molecule has 0 spiro atoms. The Hall–Kier alpha value is -3.68. The summed E-state index contributed by atoms with van der Waals surface area (Å²) in [5.74, 6) is 1.44. The second kappa shape index (κ2) is 10.3. The van der Waals surface area contributed by atoms with Crippen molar-refractivity contribution in [2.24, 2.45) is 0 Å². The predicted molar refractivity (Wildman–Crippen MR) is 125 cm³/mol. The maximum Gasteiger partial charge on any atom is 0.350 e. The van der Waals surface area contributed by atoms with Crippen molar-refractivity contribution in [3.05, 3.63) is 34.9 Å². The van der Waals surface area contributed by atoms with Gasteiger partial charge in [0, 0.05) is 32.4 Å². The molecule has 4 aromatic heterocycles. The minimum atomic E-state index is -0.192. The number of pyridine rings is 1. The zero-order chi connectivity index (χ0) is 23.2. The quantitative estimate of drug-likeness (QED) is 0.208. The Morgan fingerprint density at radius 1 is 1.12 bits per heavy atom. The summed E-state index contributed by atoms with van der Waals surface area (Å²) in [5, 5.41) is 22.2. The van der Waals surface area contributed by atoms with Crippen LogP contribution in [0.1, 0.15) is 20.3 Å². The van der Waals surface area contributed by atoms with E-state index in [2.05, 4.69) is 41.2 Å². The summed E-state index contributed by atoms with van der Waals surface area (Å²) < 4.78 is 4.59. The average Bonchev–Trinajstić information content (AvgIpc) is 3.37. The summed E-state index contributed by atoms with van der Waals surface area (Å²) in [6.07, 6.45) is 2.27. The van der Waals surface area contributed by atoms with E-state index in [0.717, 1.165) is 0 Å². The summed E-state index contributed by atoms with van der Waals surface area (Å²) in [6, 6.07) is 5.39. The van der Waals surface area contributed by atoms with Crippen LogP contribution in [-0.4, -0.2) is 70.0 Å². The Bertz CT molecular complexity index is 1310. The minimum absolute atomic E-state index is 0.144. The number of aryl methyl sites for hydroxylation is 1. The number of hydrogen-bond acceptors (Lipinski definition) is 10. The number of anilines is 2. The molecule has 0 saturated carbocycles. The molecule has 0 fully saturated rings. The molecule has 0 atom stereocenters. The highest BCUT2D eigenvalue weighted by atomic mass is 32.2. The first-order valence-electron chi connectivity index (χ1n) is 10.6. The van der Waals surface area contributed by atoms with E-state index in [1.807, 2.05) is 19.9 Å². The summed E-state index contributed by atoms with van der Waals surface area (Å²) in [4.78, 5) is 33.4. The summed E-state index contributed by atoms with van der Waals surface area (Å²) >= 11 is 1.25. The van der Waals surface area contributed by atoms with Crippen LogP contribution >= 0.6 is 11.8 Å². The van der Waals surface area contributed by atoms with Crippen molar-refractivity contribution in [1.82, 2.24) is 44.1 Å². The molecule has 0 aliphatic rings. The molecule has 0 radical (unpaired) electrons. The zero-order valence-corrected chi connectivity index (χ0v) is 19.2. The molecular weight excluding hydrogens is 446 g/mol. The Morgan fingerprint density at radius 2 is 1.97 bits per heavy atom. The van der Waals surface area contributed by atoms with Gasteiger partial charge in [-0.3, -0.25) is 9.20 Å². The molecule has 0 unspecified atom stereocenters. The number of aromatic nitrogens is 8. The lowest BCUT2D eigenvalue weighted by Gasteiger charge is -2.09. The van der Waals surface area contributed by atoms with Gasteiger partial charge >= 0.3 is 5.69 Å². The fourth-order valence-electron chi connectivity index (χ4n) is 3.15. The number of nitrogens with zero attached hydrogens (tertiary/aromatic N) is 8.